The van der Waals surface area contributed by atoms with Crippen LogP contribution in [0.5, 0.6) is 5.75 Å². The Morgan fingerprint density at radius 2 is 1.90 bits per heavy atom. The number of carbonyl (C=O) groups excluding carboxylic acids is 1. The molecule has 3 N–H and O–H groups in total. The highest BCUT2D eigenvalue weighted by Gasteiger charge is 2.20. The fraction of sp³-hybridized carbons (Fsp3) is 0.429. The summed E-state index contributed by atoms with van der Waals surface area (Å²) in [6.07, 6.45) is 1.53. The van der Waals surface area contributed by atoms with Crippen LogP contribution < -0.4 is 25.8 Å². The first-order valence-corrected chi connectivity index (χ1v) is 9.80. The Kier molecular flexibility index (Phi) is 6.43. The molecule has 0 radical (unpaired) electrons. The van der Waals surface area contributed by atoms with Crippen molar-refractivity contribution >= 4 is 23.0 Å². The van der Waals surface area contributed by atoms with Gasteiger partial charge in [0.1, 0.15) is 11.3 Å². The van der Waals surface area contributed by atoms with Crippen molar-refractivity contribution in [3.05, 3.63) is 46.4 Å². The number of aromatic nitrogens is 1. The van der Waals surface area contributed by atoms with Crippen LogP contribution in [0.2, 0.25) is 0 Å². The number of pyridine rings is 1. The molecular formula is C21H29N5O3. The van der Waals surface area contributed by atoms with Crippen LogP contribution in [0.25, 0.3) is 0 Å². The molecule has 1 aliphatic rings. The zero-order valence-electron chi connectivity index (χ0n) is 17.4. The fourth-order valence-corrected chi connectivity index (χ4v) is 3.39. The fourth-order valence-electron chi connectivity index (χ4n) is 3.39. The Bertz CT molecular complexity index is 917. The number of H-pyrrole nitrogens is 1. The zero-order chi connectivity index (χ0) is 21.0. The van der Waals surface area contributed by atoms with E-state index in [1.165, 1.54) is 6.20 Å². The van der Waals surface area contributed by atoms with Gasteiger partial charge >= 0.3 is 0 Å². The summed E-state index contributed by atoms with van der Waals surface area (Å²) in [5, 5.41) is 6.01. The number of carbonyl (C=O) groups is 1. The predicted molar refractivity (Wildman–Crippen MR) is 116 cm³/mol. The second-order valence-corrected chi connectivity index (χ2v) is 7.53. The number of likely N-dealkylation sites (N-methyl/N-ethyl adjacent to an activating group) is 1. The number of aromatic amines is 1. The Morgan fingerprint density at radius 1 is 1.17 bits per heavy atom. The molecule has 0 atom stereocenters. The van der Waals surface area contributed by atoms with E-state index in [2.05, 4.69) is 32.5 Å². The van der Waals surface area contributed by atoms with E-state index in [0.717, 1.165) is 37.6 Å². The molecule has 2 aromatic rings. The lowest BCUT2D eigenvalue weighted by molar-refractivity contribution is 0.102. The van der Waals surface area contributed by atoms with Crippen LogP contribution in [0, 0.1) is 0 Å². The topological polar surface area (TPSA) is 89.7 Å². The van der Waals surface area contributed by atoms with Crippen molar-refractivity contribution in [2.24, 2.45) is 0 Å². The lowest BCUT2D eigenvalue weighted by Crippen LogP contribution is -2.44. The summed E-state index contributed by atoms with van der Waals surface area (Å²) in [6, 6.07) is 7.30. The quantitative estimate of drug-likeness (QED) is 0.690. The second-order valence-electron chi connectivity index (χ2n) is 7.53. The summed E-state index contributed by atoms with van der Waals surface area (Å²) in [6.45, 7) is 7.59. The van der Waals surface area contributed by atoms with Crippen LogP contribution in [0.4, 0.5) is 17.1 Å². The number of hydrogen-bond acceptors (Lipinski definition) is 6. The molecule has 3 rings (SSSR count). The van der Waals surface area contributed by atoms with Gasteiger partial charge < -0.3 is 30.2 Å². The van der Waals surface area contributed by atoms with Crippen molar-refractivity contribution in [1.82, 2.24) is 9.88 Å². The van der Waals surface area contributed by atoms with Gasteiger partial charge in [-0.25, -0.2) is 0 Å². The van der Waals surface area contributed by atoms with Gasteiger partial charge in [-0.3, -0.25) is 9.59 Å². The first-order chi connectivity index (χ1) is 13.9. The highest BCUT2D eigenvalue weighted by molar-refractivity contribution is 6.08. The van der Waals surface area contributed by atoms with E-state index < -0.39 is 11.5 Å². The Morgan fingerprint density at radius 3 is 2.55 bits per heavy atom. The molecular weight excluding hydrogens is 370 g/mol. The van der Waals surface area contributed by atoms with Gasteiger partial charge in [-0.2, -0.15) is 0 Å². The van der Waals surface area contributed by atoms with E-state index in [4.69, 9.17) is 4.74 Å². The minimum Gasteiger partial charge on any atom is -0.495 e. The van der Waals surface area contributed by atoms with Crippen LogP contribution >= 0.6 is 0 Å². The van der Waals surface area contributed by atoms with Gasteiger partial charge in [0.15, 0.2) is 0 Å². The van der Waals surface area contributed by atoms with Crippen molar-refractivity contribution in [3.8, 4) is 5.75 Å². The molecule has 0 spiro atoms. The van der Waals surface area contributed by atoms with Crippen LogP contribution in [0.3, 0.4) is 0 Å². The first kappa shape index (κ1) is 20.7. The Hall–Kier alpha value is -3.00. The third kappa shape index (κ3) is 4.89. The molecule has 1 aliphatic heterocycles. The minimum atomic E-state index is -0.454. The van der Waals surface area contributed by atoms with Crippen LogP contribution in [0.1, 0.15) is 24.2 Å². The van der Waals surface area contributed by atoms with E-state index in [9.17, 15) is 9.59 Å². The highest BCUT2D eigenvalue weighted by atomic mass is 16.5. The summed E-state index contributed by atoms with van der Waals surface area (Å²) < 4.78 is 5.52. The second kappa shape index (κ2) is 9.00. The molecule has 1 amide bonds. The SMILES string of the molecule is COc1ccc(NC(=O)c2c(NC(C)C)cc[nH]c2=O)cc1N1CCN(C)CC1. The summed E-state index contributed by atoms with van der Waals surface area (Å²) in [4.78, 5) is 32.3. The van der Waals surface area contributed by atoms with E-state index in [0.29, 0.717) is 11.4 Å². The van der Waals surface area contributed by atoms with Crippen molar-refractivity contribution in [1.29, 1.82) is 0 Å². The van der Waals surface area contributed by atoms with E-state index in [1.54, 1.807) is 19.2 Å². The van der Waals surface area contributed by atoms with Gasteiger partial charge in [-0.15, -0.1) is 0 Å². The van der Waals surface area contributed by atoms with Gasteiger partial charge in [-0.05, 0) is 45.2 Å². The van der Waals surface area contributed by atoms with Crippen LogP contribution in [-0.2, 0) is 0 Å². The number of benzene rings is 1. The molecule has 2 heterocycles. The maximum Gasteiger partial charge on any atom is 0.263 e. The molecule has 1 fully saturated rings. The van der Waals surface area contributed by atoms with E-state index in [1.807, 2.05) is 26.0 Å². The van der Waals surface area contributed by atoms with Gasteiger partial charge in [0.2, 0.25) is 0 Å². The third-order valence-corrected chi connectivity index (χ3v) is 4.91. The van der Waals surface area contributed by atoms with E-state index in [-0.39, 0.29) is 11.6 Å². The maximum absolute atomic E-state index is 12.9. The van der Waals surface area contributed by atoms with Gasteiger partial charge in [0, 0.05) is 44.1 Å². The number of rotatable bonds is 6. The van der Waals surface area contributed by atoms with Crippen molar-refractivity contribution in [2.45, 2.75) is 19.9 Å². The largest absolute Gasteiger partial charge is 0.495 e. The van der Waals surface area contributed by atoms with Gasteiger partial charge in [-0.1, -0.05) is 0 Å². The lowest BCUT2D eigenvalue weighted by Gasteiger charge is -2.35. The number of piperazine rings is 1. The van der Waals surface area contributed by atoms with Crippen molar-refractivity contribution < 1.29 is 9.53 Å². The molecule has 29 heavy (non-hydrogen) atoms. The summed E-state index contributed by atoms with van der Waals surface area (Å²) in [5.41, 5.74) is 1.69. The number of nitrogens with one attached hydrogen (secondary N) is 3. The highest BCUT2D eigenvalue weighted by Crippen LogP contribution is 2.32. The Labute approximate surface area is 170 Å². The number of hydrogen-bond donors (Lipinski definition) is 3. The monoisotopic (exact) mass is 399 g/mol. The number of anilines is 3. The van der Waals surface area contributed by atoms with E-state index >= 15 is 0 Å². The predicted octanol–water partition coefficient (Wildman–Crippen LogP) is 2.21. The molecule has 156 valence electrons. The molecule has 8 heteroatoms. The van der Waals surface area contributed by atoms with Crippen molar-refractivity contribution in [3.63, 3.8) is 0 Å². The molecule has 1 aromatic heterocycles. The molecule has 0 aliphatic carbocycles. The molecule has 0 saturated carbocycles. The summed E-state index contributed by atoms with van der Waals surface area (Å²) >= 11 is 0. The molecule has 0 bridgehead atoms. The number of nitrogens with zero attached hydrogens (tertiary/aromatic N) is 2. The summed E-state index contributed by atoms with van der Waals surface area (Å²) in [7, 11) is 3.74. The van der Waals surface area contributed by atoms with Crippen LogP contribution in [0.15, 0.2) is 35.3 Å². The average molecular weight is 399 g/mol. The van der Waals surface area contributed by atoms with Crippen molar-refractivity contribution in [2.75, 3.05) is 55.9 Å². The third-order valence-electron chi connectivity index (χ3n) is 4.91. The molecule has 1 saturated heterocycles. The zero-order valence-corrected chi connectivity index (χ0v) is 17.4. The maximum atomic E-state index is 12.9. The number of methoxy groups -OCH3 is 1. The number of amides is 1. The molecule has 0 unspecified atom stereocenters. The normalized spacial score (nSPS) is 14.7. The Balaban J connectivity index is 1.86. The minimum absolute atomic E-state index is 0.0677. The first-order valence-electron chi connectivity index (χ1n) is 9.80. The average Bonchev–Trinajstić information content (AvgIpc) is 2.68. The molecule has 8 nitrogen and oxygen atoms in total. The summed E-state index contributed by atoms with van der Waals surface area (Å²) in [5.74, 6) is 0.303. The van der Waals surface area contributed by atoms with Crippen LogP contribution in [-0.4, -0.2) is 62.2 Å². The number of ether oxygens (including phenoxy) is 1. The lowest BCUT2D eigenvalue weighted by atomic mass is 10.1. The smallest absolute Gasteiger partial charge is 0.263 e. The van der Waals surface area contributed by atoms with Gasteiger partial charge in [0.05, 0.1) is 18.5 Å². The standard InChI is InChI=1S/C21H29N5O3/c1-14(2)23-16-7-8-22-20(27)19(16)21(28)24-15-5-6-18(29-4)17(13-15)26-11-9-25(3)10-12-26/h5-8,13-14H,9-12H2,1-4H3,(H,24,28)(H2,22,23,27). The van der Waals surface area contributed by atoms with Gasteiger partial charge in [0.25, 0.3) is 11.5 Å². The molecule has 1 aromatic carbocycles.